The highest BCUT2D eigenvalue weighted by Crippen LogP contribution is 2.17. The van der Waals surface area contributed by atoms with Crippen LogP contribution in [0.1, 0.15) is 44.5 Å². The molecule has 21 heavy (non-hydrogen) atoms. The molecule has 1 aromatic heterocycles. The molecule has 4 heteroatoms. The van der Waals surface area contributed by atoms with Gasteiger partial charge in [-0.15, -0.1) is 0 Å². The molecule has 3 nitrogen and oxygen atoms in total. The van der Waals surface area contributed by atoms with Crippen LogP contribution < -0.4 is 5.73 Å². The summed E-state index contributed by atoms with van der Waals surface area (Å²) in [6.07, 6.45) is 4.35. The Bertz CT molecular complexity index is 589. The summed E-state index contributed by atoms with van der Waals surface area (Å²) in [5, 5.41) is 4.59. The number of rotatable bonds is 6. The lowest BCUT2D eigenvalue weighted by atomic mass is 9.89. The summed E-state index contributed by atoms with van der Waals surface area (Å²) in [5.74, 6) is -0.218. The van der Waals surface area contributed by atoms with Crippen LogP contribution in [0, 0.1) is 5.82 Å². The van der Waals surface area contributed by atoms with E-state index in [4.69, 9.17) is 5.73 Å². The van der Waals surface area contributed by atoms with Gasteiger partial charge in [0.15, 0.2) is 0 Å². The average Bonchev–Trinajstić information content (AvgIpc) is 2.84. The van der Waals surface area contributed by atoms with Gasteiger partial charge in [0.05, 0.1) is 5.69 Å². The number of hydrogen-bond acceptors (Lipinski definition) is 2. The smallest absolute Gasteiger partial charge is 0.123 e. The zero-order chi connectivity index (χ0) is 15.5. The van der Waals surface area contributed by atoms with Crippen molar-refractivity contribution in [3.63, 3.8) is 0 Å². The number of benzene rings is 1. The second kappa shape index (κ2) is 6.39. The minimum atomic E-state index is -0.442. The zero-order valence-electron chi connectivity index (χ0n) is 13.0. The third-order valence-electron chi connectivity index (χ3n) is 3.79. The molecule has 0 aliphatic heterocycles. The van der Waals surface area contributed by atoms with Gasteiger partial charge in [0, 0.05) is 24.2 Å². The van der Waals surface area contributed by atoms with Crippen molar-refractivity contribution < 1.29 is 4.39 Å². The molecular formula is C17H24FN3. The van der Waals surface area contributed by atoms with E-state index in [2.05, 4.69) is 18.9 Å². The third kappa shape index (κ3) is 4.39. The molecular weight excluding hydrogens is 265 g/mol. The van der Waals surface area contributed by atoms with Gasteiger partial charge >= 0.3 is 0 Å². The monoisotopic (exact) mass is 289 g/mol. The van der Waals surface area contributed by atoms with Crippen LogP contribution in [0.3, 0.4) is 0 Å². The number of aromatic nitrogens is 2. The molecule has 1 aromatic carbocycles. The fourth-order valence-electron chi connectivity index (χ4n) is 2.49. The molecule has 0 aliphatic carbocycles. The Hall–Kier alpha value is -1.68. The van der Waals surface area contributed by atoms with E-state index in [1.165, 1.54) is 6.07 Å². The summed E-state index contributed by atoms with van der Waals surface area (Å²) < 4.78 is 15.2. The SMILES string of the molecule is CCC(C)n1ccc(CC(C)(N)Cc2cccc(F)c2)n1. The molecule has 2 atom stereocenters. The topological polar surface area (TPSA) is 43.8 Å². The average molecular weight is 289 g/mol. The largest absolute Gasteiger partial charge is 0.325 e. The fourth-order valence-corrected chi connectivity index (χ4v) is 2.49. The first-order valence-corrected chi connectivity index (χ1v) is 7.47. The lowest BCUT2D eigenvalue weighted by molar-refractivity contribution is 0.438. The summed E-state index contributed by atoms with van der Waals surface area (Å²) in [6.45, 7) is 6.27. The molecule has 1 heterocycles. The van der Waals surface area contributed by atoms with Crippen molar-refractivity contribution >= 4 is 0 Å². The molecule has 114 valence electrons. The number of nitrogens with zero attached hydrogens (tertiary/aromatic N) is 2. The highest BCUT2D eigenvalue weighted by Gasteiger charge is 2.21. The van der Waals surface area contributed by atoms with Crippen LogP contribution in [0.25, 0.3) is 0 Å². The predicted molar refractivity (Wildman–Crippen MR) is 83.6 cm³/mol. The summed E-state index contributed by atoms with van der Waals surface area (Å²) >= 11 is 0. The first-order valence-electron chi connectivity index (χ1n) is 7.47. The minimum absolute atomic E-state index is 0.218. The van der Waals surface area contributed by atoms with Gasteiger partial charge in [0.2, 0.25) is 0 Å². The molecule has 2 aromatic rings. The molecule has 2 unspecified atom stereocenters. The molecule has 0 saturated heterocycles. The van der Waals surface area contributed by atoms with Crippen LogP contribution in [0.15, 0.2) is 36.5 Å². The molecule has 0 aliphatic rings. The lowest BCUT2D eigenvalue weighted by Gasteiger charge is -2.24. The molecule has 0 fully saturated rings. The predicted octanol–water partition coefficient (Wildman–Crippen LogP) is 3.50. The van der Waals surface area contributed by atoms with Gasteiger partial charge in [-0.2, -0.15) is 5.10 Å². The van der Waals surface area contributed by atoms with Crippen molar-refractivity contribution in [3.05, 3.63) is 53.6 Å². The second-order valence-electron chi connectivity index (χ2n) is 6.18. The Morgan fingerprint density at radius 2 is 2.10 bits per heavy atom. The van der Waals surface area contributed by atoms with Gasteiger partial charge in [0.1, 0.15) is 5.82 Å². The first-order chi connectivity index (χ1) is 9.89. The van der Waals surface area contributed by atoms with Crippen molar-refractivity contribution in [2.45, 2.75) is 51.6 Å². The highest BCUT2D eigenvalue weighted by molar-refractivity contribution is 5.20. The van der Waals surface area contributed by atoms with Gasteiger partial charge < -0.3 is 5.73 Å². The molecule has 0 radical (unpaired) electrons. The molecule has 0 amide bonds. The van der Waals surface area contributed by atoms with Crippen LogP contribution in [-0.4, -0.2) is 15.3 Å². The molecule has 2 rings (SSSR count). The number of hydrogen-bond donors (Lipinski definition) is 1. The van der Waals surface area contributed by atoms with Crippen molar-refractivity contribution in [3.8, 4) is 0 Å². The molecule has 0 bridgehead atoms. The van der Waals surface area contributed by atoms with Crippen LogP contribution in [0.5, 0.6) is 0 Å². The number of halogens is 1. The Balaban J connectivity index is 2.05. The van der Waals surface area contributed by atoms with Gasteiger partial charge in [0.25, 0.3) is 0 Å². The van der Waals surface area contributed by atoms with Gasteiger partial charge in [-0.3, -0.25) is 4.68 Å². The lowest BCUT2D eigenvalue weighted by Crippen LogP contribution is -2.41. The highest BCUT2D eigenvalue weighted by atomic mass is 19.1. The second-order valence-corrected chi connectivity index (χ2v) is 6.18. The maximum absolute atomic E-state index is 13.2. The van der Waals surface area contributed by atoms with Crippen LogP contribution in [0.4, 0.5) is 4.39 Å². The van der Waals surface area contributed by atoms with E-state index < -0.39 is 5.54 Å². The number of nitrogens with two attached hydrogens (primary N) is 1. The quantitative estimate of drug-likeness (QED) is 0.884. The summed E-state index contributed by atoms with van der Waals surface area (Å²) in [5.41, 5.74) is 7.84. The first kappa shape index (κ1) is 15.7. The van der Waals surface area contributed by atoms with E-state index in [1.54, 1.807) is 12.1 Å². The van der Waals surface area contributed by atoms with Crippen LogP contribution in [-0.2, 0) is 12.8 Å². The zero-order valence-corrected chi connectivity index (χ0v) is 13.0. The summed E-state index contributed by atoms with van der Waals surface area (Å²) in [6, 6.07) is 9.03. The van der Waals surface area contributed by atoms with E-state index in [0.29, 0.717) is 18.9 Å². The molecule has 0 saturated carbocycles. The Labute approximate surface area is 126 Å². The van der Waals surface area contributed by atoms with Crippen molar-refractivity contribution in [1.29, 1.82) is 0 Å². The molecule has 2 N–H and O–H groups in total. The van der Waals surface area contributed by atoms with E-state index >= 15 is 0 Å². The normalized spacial score (nSPS) is 15.7. The third-order valence-corrected chi connectivity index (χ3v) is 3.79. The van der Waals surface area contributed by atoms with E-state index in [1.807, 2.05) is 29.9 Å². The molecule has 0 spiro atoms. The van der Waals surface area contributed by atoms with Gasteiger partial charge in [-0.25, -0.2) is 4.39 Å². The van der Waals surface area contributed by atoms with E-state index in [9.17, 15) is 4.39 Å². The standard InChI is InChI=1S/C17H24FN3/c1-4-13(2)21-9-8-16(20-21)12-17(3,19)11-14-6-5-7-15(18)10-14/h5-10,13H,4,11-12,19H2,1-3H3. The van der Waals surface area contributed by atoms with Crippen LogP contribution >= 0.6 is 0 Å². The van der Waals surface area contributed by atoms with Crippen molar-refractivity contribution in [1.82, 2.24) is 9.78 Å². The maximum Gasteiger partial charge on any atom is 0.123 e. The summed E-state index contributed by atoms with van der Waals surface area (Å²) in [4.78, 5) is 0. The van der Waals surface area contributed by atoms with E-state index in [0.717, 1.165) is 17.7 Å². The Morgan fingerprint density at radius 3 is 2.76 bits per heavy atom. The minimum Gasteiger partial charge on any atom is -0.325 e. The van der Waals surface area contributed by atoms with E-state index in [-0.39, 0.29) is 5.82 Å². The van der Waals surface area contributed by atoms with Gasteiger partial charge in [-0.05, 0) is 50.5 Å². The summed E-state index contributed by atoms with van der Waals surface area (Å²) in [7, 11) is 0. The Morgan fingerprint density at radius 1 is 1.33 bits per heavy atom. The Kier molecular flexibility index (Phi) is 4.78. The fraction of sp³-hybridized carbons (Fsp3) is 0.471. The van der Waals surface area contributed by atoms with Crippen LogP contribution in [0.2, 0.25) is 0 Å². The van der Waals surface area contributed by atoms with Gasteiger partial charge in [-0.1, -0.05) is 19.1 Å². The van der Waals surface area contributed by atoms with Crippen molar-refractivity contribution in [2.75, 3.05) is 0 Å². The van der Waals surface area contributed by atoms with Crippen molar-refractivity contribution in [2.24, 2.45) is 5.73 Å². The maximum atomic E-state index is 13.2.